The molecule has 6 heteroatoms. The van der Waals surface area contributed by atoms with Gasteiger partial charge in [-0.2, -0.15) is 0 Å². The first kappa shape index (κ1) is 13.0. The highest BCUT2D eigenvalue weighted by atomic mass is 16.3. The summed E-state index contributed by atoms with van der Waals surface area (Å²) < 4.78 is 1.80. The van der Waals surface area contributed by atoms with Crippen LogP contribution >= 0.6 is 0 Å². The Morgan fingerprint density at radius 1 is 1.61 bits per heavy atom. The molecule has 0 radical (unpaired) electrons. The number of imidazole rings is 1. The lowest BCUT2D eigenvalue weighted by Crippen LogP contribution is -2.63. The van der Waals surface area contributed by atoms with Crippen molar-refractivity contribution in [2.24, 2.45) is 5.73 Å². The van der Waals surface area contributed by atoms with Crippen LogP contribution in [0, 0.1) is 0 Å². The molecule has 0 bridgehead atoms. The molecule has 1 saturated heterocycles. The third-order valence-corrected chi connectivity index (χ3v) is 3.21. The number of carbonyl (C=O) groups is 1. The van der Waals surface area contributed by atoms with E-state index in [2.05, 4.69) is 4.98 Å². The average Bonchev–Trinajstić information content (AvgIpc) is 2.74. The minimum atomic E-state index is -0.690. The molecule has 1 aliphatic heterocycles. The Morgan fingerprint density at radius 3 is 2.94 bits per heavy atom. The fourth-order valence-electron chi connectivity index (χ4n) is 2.34. The first-order chi connectivity index (χ1) is 8.58. The van der Waals surface area contributed by atoms with Crippen LogP contribution in [0.3, 0.4) is 0 Å². The van der Waals surface area contributed by atoms with E-state index < -0.39 is 5.60 Å². The molecule has 0 unspecified atom stereocenters. The van der Waals surface area contributed by atoms with E-state index >= 15 is 0 Å². The molecule has 0 saturated carbocycles. The zero-order valence-electron chi connectivity index (χ0n) is 10.7. The number of likely N-dealkylation sites (tertiary alicyclic amines) is 1. The number of nitrogens with two attached hydrogens (primary N) is 1. The first-order valence-electron chi connectivity index (χ1n) is 6.31. The van der Waals surface area contributed by atoms with Gasteiger partial charge in [-0.25, -0.2) is 4.98 Å². The van der Waals surface area contributed by atoms with Crippen molar-refractivity contribution >= 4 is 5.91 Å². The Balaban J connectivity index is 1.93. The van der Waals surface area contributed by atoms with Crippen molar-refractivity contribution in [1.29, 1.82) is 0 Å². The van der Waals surface area contributed by atoms with Crippen LogP contribution in [0.15, 0.2) is 12.5 Å². The maximum atomic E-state index is 12.0. The van der Waals surface area contributed by atoms with E-state index in [1.807, 2.05) is 6.92 Å². The zero-order valence-corrected chi connectivity index (χ0v) is 10.7. The largest absolute Gasteiger partial charge is 0.386 e. The summed E-state index contributed by atoms with van der Waals surface area (Å²) in [6.07, 6.45) is 4.96. The highest BCUT2D eigenvalue weighted by Crippen LogP contribution is 2.26. The van der Waals surface area contributed by atoms with Crippen LogP contribution in [0.1, 0.15) is 30.3 Å². The molecular weight excluding hydrogens is 232 g/mol. The van der Waals surface area contributed by atoms with Crippen molar-refractivity contribution in [2.75, 3.05) is 19.6 Å². The van der Waals surface area contributed by atoms with Crippen molar-refractivity contribution in [3.05, 3.63) is 18.2 Å². The second kappa shape index (κ2) is 5.07. The van der Waals surface area contributed by atoms with Crippen LogP contribution in [0.2, 0.25) is 0 Å². The number of nitrogens with zero attached hydrogens (tertiary/aromatic N) is 3. The minimum Gasteiger partial charge on any atom is -0.386 e. The Hall–Kier alpha value is -1.40. The maximum absolute atomic E-state index is 12.0. The van der Waals surface area contributed by atoms with Gasteiger partial charge in [-0.3, -0.25) is 4.79 Å². The summed E-state index contributed by atoms with van der Waals surface area (Å²) in [6, 6.07) is 0. The van der Waals surface area contributed by atoms with Gasteiger partial charge in [-0.1, -0.05) is 13.3 Å². The van der Waals surface area contributed by atoms with Gasteiger partial charge in [0.15, 0.2) is 0 Å². The van der Waals surface area contributed by atoms with Gasteiger partial charge in [0.05, 0.1) is 25.0 Å². The van der Waals surface area contributed by atoms with E-state index in [1.54, 1.807) is 22.0 Å². The number of β-amino-alcohol motifs (C(OH)–C–C–N with tert-alkyl or cyclic N) is 1. The molecule has 1 aromatic rings. The van der Waals surface area contributed by atoms with Crippen molar-refractivity contribution < 1.29 is 9.90 Å². The lowest BCUT2D eigenvalue weighted by atomic mass is 9.89. The second-order valence-corrected chi connectivity index (χ2v) is 4.92. The van der Waals surface area contributed by atoms with Gasteiger partial charge in [-0.15, -0.1) is 0 Å². The van der Waals surface area contributed by atoms with E-state index in [1.165, 1.54) is 0 Å². The third-order valence-electron chi connectivity index (χ3n) is 3.21. The fraction of sp³-hybridized carbons (Fsp3) is 0.667. The van der Waals surface area contributed by atoms with Crippen LogP contribution in [-0.2, 0) is 6.54 Å². The summed E-state index contributed by atoms with van der Waals surface area (Å²) in [5.41, 5.74) is 5.16. The predicted molar refractivity (Wildman–Crippen MR) is 67.0 cm³/mol. The molecule has 0 atom stereocenters. The van der Waals surface area contributed by atoms with E-state index in [0.29, 0.717) is 31.9 Å². The van der Waals surface area contributed by atoms with Crippen LogP contribution in [0.5, 0.6) is 0 Å². The summed E-state index contributed by atoms with van der Waals surface area (Å²) in [5, 5.41) is 10.0. The van der Waals surface area contributed by atoms with Crippen LogP contribution in [0.25, 0.3) is 0 Å². The Morgan fingerprint density at radius 2 is 2.33 bits per heavy atom. The molecule has 6 nitrogen and oxygen atoms in total. The summed E-state index contributed by atoms with van der Waals surface area (Å²) in [7, 11) is 0. The summed E-state index contributed by atoms with van der Waals surface area (Å²) in [4.78, 5) is 17.7. The second-order valence-electron chi connectivity index (χ2n) is 4.92. The molecule has 3 N–H and O–H groups in total. The molecule has 1 aromatic heterocycles. The van der Waals surface area contributed by atoms with E-state index in [9.17, 15) is 9.90 Å². The topological polar surface area (TPSA) is 84.4 Å². The molecule has 0 aromatic carbocycles. The van der Waals surface area contributed by atoms with Gasteiger partial charge in [0.25, 0.3) is 5.91 Å². The Bertz CT molecular complexity index is 423. The quantitative estimate of drug-likeness (QED) is 0.762. The number of aliphatic hydroxyl groups is 1. The lowest BCUT2D eigenvalue weighted by Gasteiger charge is -2.46. The van der Waals surface area contributed by atoms with Crippen molar-refractivity contribution in [3.63, 3.8) is 0 Å². The number of carbonyl (C=O) groups excluding carboxylic acids is 1. The number of hydrogen-bond acceptors (Lipinski definition) is 4. The molecule has 2 heterocycles. The minimum absolute atomic E-state index is 0.119. The first-order valence-corrected chi connectivity index (χ1v) is 6.31. The molecule has 1 aliphatic rings. The van der Waals surface area contributed by atoms with Crippen molar-refractivity contribution in [3.8, 4) is 0 Å². The molecule has 0 spiro atoms. The number of rotatable bonds is 5. The maximum Gasteiger partial charge on any atom is 0.274 e. The molecule has 1 fully saturated rings. The standard InChI is InChI=1S/C12H20N4O2/c1-2-3-12(18)7-16(8-12)11(17)10-6-15(5-4-13)9-14-10/h6,9,18H,2-5,7-8,13H2,1H3. The van der Waals surface area contributed by atoms with Gasteiger partial charge in [0.2, 0.25) is 0 Å². The molecule has 1 amide bonds. The Kier molecular flexibility index (Phi) is 3.68. The van der Waals surface area contributed by atoms with E-state index in [4.69, 9.17) is 5.73 Å². The number of amides is 1. The van der Waals surface area contributed by atoms with Gasteiger partial charge >= 0.3 is 0 Å². The number of hydrogen-bond donors (Lipinski definition) is 2. The van der Waals surface area contributed by atoms with E-state index in [-0.39, 0.29) is 5.91 Å². The molecule has 100 valence electrons. The van der Waals surface area contributed by atoms with Crippen LogP contribution in [0.4, 0.5) is 0 Å². The zero-order chi connectivity index (χ0) is 13.2. The summed E-state index contributed by atoms with van der Waals surface area (Å²) in [6.45, 7) is 4.01. The van der Waals surface area contributed by atoms with Gasteiger partial charge in [-0.05, 0) is 6.42 Å². The van der Waals surface area contributed by atoms with Crippen LogP contribution < -0.4 is 5.73 Å². The van der Waals surface area contributed by atoms with E-state index in [0.717, 1.165) is 12.8 Å². The predicted octanol–water partition coefficient (Wildman–Crippen LogP) is -0.171. The highest BCUT2D eigenvalue weighted by molar-refractivity contribution is 5.92. The molecular formula is C12H20N4O2. The van der Waals surface area contributed by atoms with Gasteiger partial charge in [0.1, 0.15) is 5.69 Å². The monoisotopic (exact) mass is 252 g/mol. The fourth-order valence-corrected chi connectivity index (χ4v) is 2.34. The normalized spacial score (nSPS) is 17.6. The highest BCUT2D eigenvalue weighted by Gasteiger charge is 2.43. The average molecular weight is 252 g/mol. The van der Waals surface area contributed by atoms with Crippen LogP contribution in [-0.4, -0.2) is 50.7 Å². The number of aromatic nitrogens is 2. The van der Waals surface area contributed by atoms with Gasteiger partial charge < -0.3 is 20.3 Å². The third kappa shape index (κ3) is 2.54. The molecule has 18 heavy (non-hydrogen) atoms. The van der Waals surface area contributed by atoms with Gasteiger partial charge in [0, 0.05) is 19.3 Å². The summed E-state index contributed by atoms with van der Waals surface area (Å²) >= 11 is 0. The smallest absolute Gasteiger partial charge is 0.274 e. The lowest BCUT2D eigenvalue weighted by molar-refractivity contribution is -0.0861. The summed E-state index contributed by atoms with van der Waals surface area (Å²) in [5.74, 6) is -0.119. The SMILES string of the molecule is CCCC1(O)CN(C(=O)c2cn(CCN)cn2)C1. The molecule has 2 rings (SSSR count). The molecule has 0 aliphatic carbocycles. The van der Waals surface area contributed by atoms with Crippen molar-refractivity contribution in [1.82, 2.24) is 14.5 Å². The van der Waals surface area contributed by atoms with Crippen molar-refractivity contribution in [2.45, 2.75) is 31.9 Å². The Labute approximate surface area is 106 Å².